The summed E-state index contributed by atoms with van der Waals surface area (Å²) in [5.74, 6) is 0.594. The predicted molar refractivity (Wildman–Crippen MR) is 52.4 cm³/mol. The summed E-state index contributed by atoms with van der Waals surface area (Å²) in [4.78, 5) is 14.8. The highest BCUT2D eigenvalue weighted by Crippen LogP contribution is 2.16. The first kappa shape index (κ1) is 10.3. The van der Waals surface area contributed by atoms with Crippen LogP contribution in [0.4, 0.5) is 4.79 Å². The quantitative estimate of drug-likeness (QED) is 0.674. The summed E-state index contributed by atoms with van der Waals surface area (Å²) in [7, 11) is 4.12. The lowest BCUT2D eigenvalue weighted by atomic mass is 9.98. The van der Waals surface area contributed by atoms with E-state index >= 15 is 0 Å². The third-order valence-corrected chi connectivity index (χ3v) is 2.45. The molecule has 1 aliphatic rings. The Bertz CT molecular complexity index is 182. The summed E-state index contributed by atoms with van der Waals surface area (Å²) in [6.07, 6.45) is 2.30. The zero-order valence-corrected chi connectivity index (χ0v) is 8.49. The molecule has 13 heavy (non-hydrogen) atoms. The van der Waals surface area contributed by atoms with E-state index in [-0.39, 0.29) is 6.03 Å². The standard InChI is InChI=1S/C9H19N3O/c1-11(2)6-8-4-3-5-12(7-8)9(10)13/h8H,3-7H2,1-2H3,(H2,10,13). The van der Waals surface area contributed by atoms with E-state index in [9.17, 15) is 4.79 Å². The monoisotopic (exact) mass is 185 g/mol. The first-order chi connectivity index (χ1) is 6.09. The Hall–Kier alpha value is -0.770. The van der Waals surface area contributed by atoms with E-state index in [4.69, 9.17) is 5.73 Å². The van der Waals surface area contributed by atoms with Crippen LogP contribution in [0.5, 0.6) is 0 Å². The Labute approximate surface area is 79.7 Å². The van der Waals surface area contributed by atoms with Crippen LogP contribution in [-0.2, 0) is 0 Å². The van der Waals surface area contributed by atoms with Gasteiger partial charge in [0.15, 0.2) is 0 Å². The number of nitrogens with zero attached hydrogens (tertiary/aromatic N) is 2. The molecule has 1 aliphatic heterocycles. The highest BCUT2D eigenvalue weighted by Gasteiger charge is 2.21. The van der Waals surface area contributed by atoms with Crippen LogP contribution < -0.4 is 5.73 Å². The van der Waals surface area contributed by atoms with Gasteiger partial charge in [0.2, 0.25) is 0 Å². The first-order valence-corrected chi connectivity index (χ1v) is 4.78. The van der Waals surface area contributed by atoms with Crippen LogP contribution in [0.15, 0.2) is 0 Å². The van der Waals surface area contributed by atoms with Crippen LogP contribution in [0.25, 0.3) is 0 Å². The average molecular weight is 185 g/mol. The topological polar surface area (TPSA) is 49.6 Å². The van der Waals surface area contributed by atoms with Gasteiger partial charge in [-0.15, -0.1) is 0 Å². The van der Waals surface area contributed by atoms with Gasteiger partial charge in [-0.2, -0.15) is 0 Å². The van der Waals surface area contributed by atoms with Crippen molar-refractivity contribution in [2.45, 2.75) is 12.8 Å². The van der Waals surface area contributed by atoms with Crippen molar-refractivity contribution in [3.05, 3.63) is 0 Å². The zero-order chi connectivity index (χ0) is 9.84. The molecule has 0 radical (unpaired) electrons. The van der Waals surface area contributed by atoms with Crippen molar-refractivity contribution in [3.63, 3.8) is 0 Å². The Morgan fingerprint density at radius 3 is 2.85 bits per heavy atom. The molecule has 0 saturated carbocycles. The third kappa shape index (κ3) is 3.22. The van der Waals surface area contributed by atoms with Gasteiger partial charge in [0, 0.05) is 19.6 Å². The van der Waals surface area contributed by atoms with Crippen molar-refractivity contribution >= 4 is 6.03 Å². The number of carbonyl (C=O) groups is 1. The molecule has 2 amide bonds. The summed E-state index contributed by atoms with van der Waals surface area (Å²) in [5.41, 5.74) is 5.23. The minimum atomic E-state index is -0.275. The number of nitrogens with two attached hydrogens (primary N) is 1. The molecule has 76 valence electrons. The van der Waals surface area contributed by atoms with Gasteiger partial charge >= 0.3 is 6.03 Å². The summed E-state index contributed by atoms with van der Waals surface area (Å²) < 4.78 is 0. The van der Waals surface area contributed by atoms with Gasteiger partial charge in [-0.25, -0.2) is 4.79 Å². The lowest BCUT2D eigenvalue weighted by Crippen LogP contribution is -2.45. The lowest BCUT2D eigenvalue weighted by Gasteiger charge is -2.32. The molecule has 0 aromatic carbocycles. The molecule has 0 aromatic heterocycles. The Morgan fingerprint density at radius 2 is 2.31 bits per heavy atom. The van der Waals surface area contributed by atoms with Gasteiger partial charge in [-0.05, 0) is 32.9 Å². The van der Waals surface area contributed by atoms with E-state index in [1.54, 1.807) is 4.90 Å². The van der Waals surface area contributed by atoms with Crippen molar-refractivity contribution in [3.8, 4) is 0 Å². The second kappa shape index (κ2) is 4.46. The number of piperidine rings is 1. The Kier molecular flexibility index (Phi) is 3.54. The van der Waals surface area contributed by atoms with Crippen LogP contribution in [0.2, 0.25) is 0 Å². The predicted octanol–water partition coefficient (Wildman–Crippen LogP) is 0.339. The zero-order valence-electron chi connectivity index (χ0n) is 8.49. The van der Waals surface area contributed by atoms with E-state index in [2.05, 4.69) is 19.0 Å². The Balaban J connectivity index is 2.37. The minimum Gasteiger partial charge on any atom is -0.351 e. The van der Waals surface area contributed by atoms with Crippen molar-refractivity contribution < 1.29 is 4.79 Å². The molecule has 1 unspecified atom stereocenters. The van der Waals surface area contributed by atoms with Crippen LogP contribution in [0.3, 0.4) is 0 Å². The van der Waals surface area contributed by atoms with Gasteiger partial charge in [0.1, 0.15) is 0 Å². The summed E-state index contributed by atoms with van der Waals surface area (Å²) in [5, 5.41) is 0. The van der Waals surface area contributed by atoms with Gasteiger partial charge in [-0.1, -0.05) is 0 Å². The number of urea groups is 1. The van der Waals surface area contributed by atoms with Crippen LogP contribution in [0, 0.1) is 5.92 Å². The highest BCUT2D eigenvalue weighted by molar-refractivity contribution is 5.72. The van der Waals surface area contributed by atoms with E-state index < -0.39 is 0 Å². The number of hydrogen-bond acceptors (Lipinski definition) is 2. The molecule has 1 atom stereocenters. The molecule has 2 N–H and O–H groups in total. The second-order valence-corrected chi connectivity index (χ2v) is 4.05. The van der Waals surface area contributed by atoms with Crippen LogP contribution >= 0.6 is 0 Å². The molecular formula is C9H19N3O. The summed E-state index contributed by atoms with van der Waals surface area (Å²) in [6.45, 7) is 2.70. The first-order valence-electron chi connectivity index (χ1n) is 4.78. The van der Waals surface area contributed by atoms with E-state index in [1.165, 1.54) is 6.42 Å². The van der Waals surface area contributed by atoms with Crippen LogP contribution in [0.1, 0.15) is 12.8 Å². The van der Waals surface area contributed by atoms with E-state index in [0.717, 1.165) is 26.1 Å². The van der Waals surface area contributed by atoms with Gasteiger partial charge in [-0.3, -0.25) is 0 Å². The maximum absolute atomic E-state index is 10.9. The molecular weight excluding hydrogens is 166 g/mol. The molecule has 4 nitrogen and oxygen atoms in total. The molecule has 1 heterocycles. The van der Waals surface area contributed by atoms with E-state index in [1.807, 2.05) is 0 Å². The minimum absolute atomic E-state index is 0.275. The number of primary amides is 1. The molecule has 4 heteroatoms. The highest BCUT2D eigenvalue weighted by atomic mass is 16.2. The maximum Gasteiger partial charge on any atom is 0.314 e. The maximum atomic E-state index is 10.9. The average Bonchev–Trinajstić information content (AvgIpc) is 2.03. The summed E-state index contributed by atoms with van der Waals surface area (Å²) >= 11 is 0. The SMILES string of the molecule is CN(C)CC1CCCN(C(N)=O)C1. The molecule has 0 spiro atoms. The lowest BCUT2D eigenvalue weighted by molar-refractivity contribution is 0.159. The molecule has 0 aromatic rings. The number of hydrogen-bond donors (Lipinski definition) is 1. The fourth-order valence-corrected chi connectivity index (χ4v) is 1.93. The van der Waals surface area contributed by atoms with Gasteiger partial charge in [0.05, 0.1) is 0 Å². The molecule has 0 aliphatic carbocycles. The van der Waals surface area contributed by atoms with Crippen molar-refractivity contribution in [1.29, 1.82) is 0 Å². The third-order valence-electron chi connectivity index (χ3n) is 2.45. The number of amides is 2. The second-order valence-electron chi connectivity index (χ2n) is 4.05. The fourth-order valence-electron chi connectivity index (χ4n) is 1.93. The largest absolute Gasteiger partial charge is 0.351 e. The van der Waals surface area contributed by atoms with Crippen LogP contribution in [-0.4, -0.2) is 49.6 Å². The van der Waals surface area contributed by atoms with Gasteiger partial charge in [0.25, 0.3) is 0 Å². The smallest absolute Gasteiger partial charge is 0.314 e. The Morgan fingerprint density at radius 1 is 1.62 bits per heavy atom. The molecule has 1 fully saturated rings. The van der Waals surface area contributed by atoms with Crippen molar-refractivity contribution in [1.82, 2.24) is 9.80 Å². The molecule has 1 rings (SSSR count). The molecule has 1 saturated heterocycles. The van der Waals surface area contributed by atoms with E-state index in [0.29, 0.717) is 5.92 Å². The fraction of sp³-hybridized carbons (Fsp3) is 0.889. The normalized spacial score (nSPS) is 23.6. The molecule has 0 bridgehead atoms. The number of carbonyl (C=O) groups excluding carboxylic acids is 1. The summed E-state index contributed by atoms with van der Waals surface area (Å²) in [6, 6.07) is -0.275. The number of rotatable bonds is 2. The van der Waals surface area contributed by atoms with Crippen molar-refractivity contribution in [2.75, 3.05) is 33.7 Å². The van der Waals surface area contributed by atoms with Crippen molar-refractivity contribution in [2.24, 2.45) is 11.7 Å². The van der Waals surface area contributed by atoms with Gasteiger partial charge < -0.3 is 15.5 Å². The number of likely N-dealkylation sites (tertiary alicyclic amines) is 1.